The van der Waals surface area contributed by atoms with Crippen LogP contribution in [0.25, 0.3) is 0 Å². The molecule has 0 saturated heterocycles. The van der Waals surface area contributed by atoms with Crippen LogP contribution in [0, 0.1) is 5.92 Å². The van der Waals surface area contributed by atoms with Gasteiger partial charge in [-0.15, -0.1) is 0 Å². The van der Waals surface area contributed by atoms with Gasteiger partial charge in [0.05, 0.1) is 23.8 Å². The summed E-state index contributed by atoms with van der Waals surface area (Å²) in [5.41, 5.74) is 7.62. The molecule has 0 bridgehead atoms. The highest BCUT2D eigenvalue weighted by Gasteiger charge is 2.35. The number of ether oxygens (including phenoxy) is 2. The predicted octanol–water partition coefficient (Wildman–Crippen LogP) is 3.15. The van der Waals surface area contributed by atoms with Gasteiger partial charge in [-0.3, -0.25) is 19.3 Å². The van der Waals surface area contributed by atoms with Gasteiger partial charge in [-0.25, -0.2) is 0 Å². The summed E-state index contributed by atoms with van der Waals surface area (Å²) in [4.78, 5) is 38.6. The summed E-state index contributed by atoms with van der Waals surface area (Å²) in [7, 11) is 0. The molecule has 0 aliphatic carbocycles. The van der Waals surface area contributed by atoms with Gasteiger partial charge in [0.1, 0.15) is 18.1 Å². The molecule has 0 fully saturated rings. The van der Waals surface area contributed by atoms with Crippen LogP contribution in [-0.2, 0) is 16.0 Å². The number of hydrogen-bond acceptors (Lipinski definition) is 5. The molecular weight excluding hydrogens is 434 g/mol. The Morgan fingerprint density at radius 3 is 2.72 bits per heavy atom. The number of rotatable bonds is 5. The average Bonchev–Trinajstić information content (AvgIpc) is 2.72. The van der Waals surface area contributed by atoms with Gasteiger partial charge in [-0.05, 0) is 42.2 Å². The summed E-state index contributed by atoms with van der Waals surface area (Å²) < 4.78 is 11.2. The van der Waals surface area contributed by atoms with Crippen molar-refractivity contribution < 1.29 is 23.9 Å². The molecule has 9 heteroatoms. The summed E-state index contributed by atoms with van der Waals surface area (Å²) in [5, 5.41) is 3.27. The molecule has 168 valence electrons. The zero-order valence-corrected chi connectivity index (χ0v) is 18.6. The fourth-order valence-corrected chi connectivity index (χ4v) is 4.19. The van der Waals surface area contributed by atoms with Crippen molar-refractivity contribution in [3.63, 3.8) is 0 Å². The first kappa shape index (κ1) is 22.0. The van der Waals surface area contributed by atoms with E-state index in [2.05, 4.69) is 19.2 Å². The topological polar surface area (TPSA) is 111 Å². The number of amides is 3. The number of carbonyl (C=O) groups excluding carboxylic acids is 3. The second-order valence-corrected chi connectivity index (χ2v) is 8.77. The van der Waals surface area contributed by atoms with Crippen molar-refractivity contribution in [2.24, 2.45) is 11.7 Å². The number of fused-ring (bicyclic) bond motifs is 2. The maximum atomic E-state index is 13.7. The van der Waals surface area contributed by atoms with E-state index in [9.17, 15) is 14.4 Å². The Balaban J connectivity index is 1.77. The summed E-state index contributed by atoms with van der Waals surface area (Å²) >= 11 is 6.45. The van der Waals surface area contributed by atoms with E-state index in [1.165, 1.54) is 4.90 Å². The summed E-state index contributed by atoms with van der Waals surface area (Å²) in [6.45, 7) is 4.19. The van der Waals surface area contributed by atoms with Gasteiger partial charge in [0.2, 0.25) is 5.91 Å². The summed E-state index contributed by atoms with van der Waals surface area (Å²) in [6.07, 6.45) is 0.662. The van der Waals surface area contributed by atoms with E-state index in [0.717, 1.165) is 12.0 Å². The van der Waals surface area contributed by atoms with Crippen LogP contribution in [0.2, 0.25) is 5.02 Å². The molecule has 2 heterocycles. The normalized spacial score (nSPS) is 17.1. The molecule has 2 aliphatic heterocycles. The minimum absolute atomic E-state index is 0.0574. The number of primary amides is 1. The third kappa shape index (κ3) is 4.36. The number of anilines is 2. The van der Waals surface area contributed by atoms with E-state index in [4.69, 9.17) is 26.8 Å². The van der Waals surface area contributed by atoms with Crippen molar-refractivity contribution >= 4 is 40.7 Å². The molecule has 2 aliphatic rings. The fraction of sp³-hybridized carbons (Fsp3) is 0.348. The van der Waals surface area contributed by atoms with E-state index in [-0.39, 0.29) is 31.4 Å². The Hall–Kier alpha value is -3.26. The van der Waals surface area contributed by atoms with Crippen LogP contribution in [0.15, 0.2) is 30.3 Å². The SMILES string of the molecule is CC(C)Cc1cc2c(cc1Cl)OC[C@H](CC(N)=O)N2C(=O)c1ccc2c(c1)NC(=O)CO2. The molecule has 1 atom stereocenters. The van der Waals surface area contributed by atoms with Crippen molar-refractivity contribution in [2.75, 3.05) is 23.4 Å². The van der Waals surface area contributed by atoms with Gasteiger partial charge in [0.25, 0.3) is 11.8 Å². The molecule has 0 saturated carbocycles. The number of nitrogens with zero attached hydrogens (tertiary/aromatic N) is 1. The maximum Gasteiger partial charge on any atom is 0.262 e. The number of benzene rings is 2. The van der Waals surface area contributed by atoms with Crippen LogP contribution >= 0.6 is 11.6 Å². The van der Waals surface area contributed by atoms with E-state index >= 15 is 0 Å². The Kier molecular flexibility index (Phi) is 5.97. The van der Waals surface area contributed by atoms with Crippen LogP contribution < -0.4 is 25.4 Å². The Bertz CT molecular complexity index is 1100. The van der Waals surface area contributed by atoms with Gasteiger partial charge in [0, 0.05) is 16.7 Å². The maximum absolute atomic E-state index is 13.7. The zero-order valence-electron chi connectivity index (χ0n) is 17.8. The predicted molar refractivity (Wildman–Crippen MR) is 120 cm³/mol. The van der Waals surface area contributed by atoms with Gasteiger partial charge in [-0.1, -0.05) is 25.4 Å². The second kappa shape index (κ2) is 8.70. The van der Waals surface area contributed by atoms with Crippen LogP contribution in [0.1, 0.15) is 36.2 Å². The largest absolute Gasteiger partial charge is 0.489 e. The quantitative estimate of drug-likeness (QED) is 0.716. The Morgan fingerprint density at radius 2 is 2.00 bits per heavy atom. The third-order valence-corrected chi connectivity index (χ3v) is 5.68. The standard InChI is InChI=1S/C23H24ClN3O5/c1-12(2)5-14-7-18-20(9-16(14)24)31-10-15(8-21(25)28)27(18)23(30)13-3-4-19-17(6-13)26-22(29)11-32-19/h3-4,6-7,9,12,15H,5,8,10-11H2,1-2H3,(H2,25,28)(H,26,29)/t15-/m0/s1. The third-order valence-electron chi connectivity index (χ3n) is 5.33. The smallest absolute Gasteiger partial charge is 0.262 e. The molecule has 8 nitrogen and oxygen atoms in total. The van der Waals surface area contributed by atoms with Crippen LogP contribution in [0.5, 0.6) is 11.5 Å². The molecule has 32 heavy (non-hydrogen) atoms. The molecule has 2 aromatic rings. The van der Waals surface area contributed by atoms with Crippen molar-refractivity contribution in [1.82, 2.24) is 0 Å². The van der Waals surface area contributed by atoms with E-state index in [1.54, 1.807) is 24.3 Å². The molecule has 0 spiro atoms. The first-order valence-corrected chi connectivity index (χ1v) is 10.7. The second-order valence-electron chi connectivity index (χ2n) is 8.37. The first-order chi connectivity index (χ1) is 15.2. The number of nitrogens with one attached hydrogen (secondary N) is 1. The number of halogens is 1. The van der Waals surface area contributed by atoms with Crippen LogP contribution in [0.3, 0.4) is 0 Å². The molecule has 4 rings (SSSR count). The lowest BCUT2D eigenvalue weighted by atomic mass is 9.99. The summed E-state index contributed by atoms with van der Waals surface area (Å²) in [6, 6.07) is 7.79. The molecule has 2 aromatic carbocycles. The number of hydrogen-bond donors (Lipinski definition) is 2. The lowest BCUT2D eigenvalue weighted by Crippen LogP contribution is -2.48. The molecule has 0 aromatic heterocycles. The monoisotopic (exact) mass is 457 g/mol. The van der Waals surface area contributed by atoms with Crippen molar-refractivity contribution in [3.8, 4) is 11.5 Å². The van der Waals surface area contributed by atoms with Crippen molar-refractivity contribution in [1.29, 1.82) is 0 Å². The Morgan fingerprint density at radius 1 is 1.22 bits per heavy atom. The first-order valence-electron chi connectivity index (χ1n) is 10.4. The van der Waals surface area contributed by atoms with Gasteiger partial charge in [0.15, 0.2) is 6.61 Å². The van der Waals surface area contributed by atoms with Crippen molar-refractivity contribution in [2.45, 2.75) is 32.7 Å². The summed E-state index contributed by atoms with van der Waals surface area (Å²) in [5.74, 6) is 0.126. The highest BCUT2D eigenvalue weighted by Crippen LogP contribution is 2.40. The van der Waals surface area contributed by atoms with Gasteiger partial charge < -0.3 is 20.5 Å². The van der Waals surface area contributed by atoms with E-state index in [0.29, 0.717) is 39.4 Å². The minimum Gasteiger partial charge on any atom is -0.489 e. The fourth-order valence-electron chi connectivity index (χ4n) is 3.96. The average molecular weight is 458 g/mol. The number of nitrogens with two attached hydrogens (primary N) is 1. The minimum atomic E-state index is -0.581. The molecule has 0 radical (unpaired) electrons. The van der Waals surface area contributed by atoms with Gasteiger partial charge in [-0.2, -0.15) is 0 Å². The highest BCUT2D eigenvalue weighted by atomic mass is 35.5. The lowest BCUT2D eigenvalue weighted by molar-refractivity contribution is -0.119. The van der Waals surface area contributed by atoms with E-state index in [1.807, 2.05) is 6.07 Å². The van der Waals surface area contributed by atoms with Crippen LogP contribution in [-0.4, -0.2) is 37.0 Å². The number of carbonyl (C=O) groups is 3. The zero-order chi connectivity index (χ0) is 23.0. The molecule has 0 unspecified atom stereocenters. The lowest BCUT2D eigenvalue weighted by Gasteiger charge is -2.37. The van der Waals surface area contributed by atoms with Crippen molar-refractivity contribution in [3.05, 3.63) is 46.5 Å². The molecular formula is C23H24ClN3O5. The molecule has 3 N–H and O–H groups in total. The van der Waals surface area contributed by atoms with Gasteiger partial charge >= 0.3 is 0 Å². The Labute approximate surface area is 190 Å². The molecule has 3 amide bonds. The van der Waals surface area contributed by atoms with E-state index < -0.39 is 11.9 Å². The van der Waals surface area contributed by atoms with Crippen LogP contribution in [0.4, 0.5) is 11.4 Å². The highest BCUT2D eigenvalue weighted by molar-refractivity contribution is 6.31.